The Labute approximate surface area is 214 Å². The van der Waals surface area contributed by atoms with Crippen LogP contribution in [0, 0.1) is 17.3 Å². The van der Waals surface area contributed by atoms with Gasteiger partial charge in [-0.1, -0.05) is 43.3 Å². The van der Waals surface area contributed by atoms with E-state index in [0.717, 1.165) is 57.1 Å². The van der Waals surface area contributed by atoms with E-state index in [1.165, 1.54) is 28.7 Å². The molecule has 6 atom stereocenters. The molecule has 2 N–H and O–H groups in total. The van der Waals surface area contributed by atoms with Gasteiger partial charge in [-0.05, 0) is 79.1 Å². The van der Waals surface area contributed by atoms with Gasteiger partial charge in [0.25, 0.3) is 0 Å². The van der Waals surface area contributed by atoms with Gasteiger partial charge in [0.2, 0.25) is 0 Å². The molecule has 0 bridgehead atoms. The Balaban J connectivity index is 1.36. The summed E-state index contributed by atoms with van der Waals surface area (Å²) in [4.78, 5) is 0. The topological polar surface area (TPSA) is 68.2 Å². The second-order valence-electron chi connectivity index (χ2n) is 12.6. The van der Waals surface area contributed by atoms with E-state index in [1.807, 2.05) is 0 Å². The fraction of sp³-hybridized carbons (Fsp3) is 0.677. The van der Waals surface area contributed by atoms with Gasteiger partial charge in [-0.25, -0.2) is 0 Å². The van der Waals surface area contributed by atoms with Crippen LogP contribution in [0.15, 0.2) is 47.6 Å². The van der Waals surface area contributed by atoms with Crippen molar-refractivity contribution in [3.8, 4) is 0 Å². The molecule has 6 aliphatic rings. The maximum atomic E-state index is 12.2. The molecule has 1 aromatic carbocycles. The van der Waals surface area contributed by atoms with Crippen LogP contribution in [0.5, 0.6) is 0 Å². The molecule has 7 rings (SSSR count). The molecule has 5 heteroatoms. The maximum absolute atomic E-state index is 12.2. The van der Waals surface area contributed by atoms with E-state index in [0.29, 0.717) is 31.5 Å². The molecule has 2 aliphatic heterocycles. The monoisotopic (exact) mass is 492 g/mol. The summed E-state index contributed by atoms with van der Waals surface area (Å²) in [5, 5.41) is 21.8. The van der Waals surface area contributed by atoms with Crippen molar-refractivity contribution in [1.82, 2.24) is 0 Å². The Kier molecular flexibility index (Phi) is 5.25. The molecule has 2 heterocycles. The normalized spacial score (nSPS) is 43.2. The van der Waals surface area contributed by atoms with Crippen LogP contribution in [-0.4, -0.2) is 47.0 Å². The van der Waals surface area contributed by atoms with E-state index in [1.54, 1.807) is 0 Å². The summed E-state index contributed by atoms with van der Waals surface area (Å²) >= 11 is 0. The number of aliphatic hydroxyl groups excluding tert-OH is 1. The quantitative estimate of drug-likeness (QED) is 0.558. The lowest BCUT2D eigenvalue weighted by Gasteiger charge is -2.58. The van der Waals surface area contributed by atoms with Gasteiger partial charge < -0.3 is 24.4 Å². The van der Waals surface area contributed by atoms with Crippen LogP contribution in [-0.2, 0) is 20.8 Å². The Bertz CT molecular complexity index is 1100. The van der Waals surface area contributed by atoms with Crippen LogP contribution < -0.4 is 0 Å². The van der Waals surface area contributed by atoms with Crippen LogP contribution in [0.4, 0.5) is 0 Å². The van der Waals surface area contributed by atoms with Crippen molar-refractivity contribution in [3.63, 3.8) is 0 Å². The third-order valence-electron chi connectivity index (χ3n) is 11.2. The Morgan fingerprint density at radius 2 is 1.75 bits per heavy atom. The number of rotatable bonds is 2. The highest BCUT2D eigenvalue weighted by Crippen LogP contribution is 2.70. The molecular weight excluding hydrogens is 452 g/mol. The van der Waals surface area contributed by atoms with E-state index in [-0.39, 0.29) is 23.5 Å². The maximum Gasteiger partial charge on any atom is 0.171 e. The number of benzene rings is 1. The number of hydrogen-bond donors (Lipinski definition) is 2. The zero-order chi connectivity index (χ0) is 24.8. The summed E-state index contributed by atoms with van der Waals surface area (Å²) in [6, 6.07) is 8.53. The van der Waals surface area contributed by atoms with Crippen LogP contribution in [0.3, 0.4) is 0 Å². The van der Waals surface area contributed by atoms with Crippen molar-refractivity contribution in [2.24, 2.45) is 17.3 Å². The lowest BCUT2D eigenvalue weighted by atomic mass is 9.49. The highest BCUT2D eigenvalue weighted by Gasteiger charge is 2.67. The molecule has 0 amide bonds. The number of allylic oxidation sites excluding steroid dienone is 1. The number of aliphatic hydroxyl groups is 2. The first kappa shape index (κ1) is 23.6. The number of hydrogen-bond acceptors (Lipinski definition) is 5. The van der Waals surface area contributed by atoms with Crippen molar-refractivity contribution in [2.75, 3.05) is 19.8 Å². The van der Waals surface area contributed by atoms with Crippen LogP contribution >= 0.6 is 0 Å². The molecule has 0 radical (unpaired) electrons. The molecule has 4 aliphatic carbocycles. The lowest BCUT2D eigenvalue weighted by Crippen LogP contribution is -2.55. The second-order valence-corrected chi connectivity index (χ2v) is 12.6. The molecule has 5 nitrogen and oxygen atoms in total. The van der Waals surface area contributed by atoms with E-state index < -0.39 is 11.4 Å². The minimum Gasteiger partial charge on any atom is -0.392 e. The van der Waals surface area contributed by atoms with Gasteiger partial charge in [-0.15, -0.1) is 0 Å². The van der Waals surface area contributed by atoms with Crippen molar-refractivity contribution < 1.29 is 24.4 Å². The zero-order valence-corrected chi connectivity index (χ0v) is 21.6. The molecular formula is C31H40O5. The molecule has 1 aromatic rings. The lowest BCUT2D eigenvalue weighted by molar-refractivity contribution is -0.208. The smallest absolute Gasteiger partial charge is 0.171 e. The standard InChI is InChI=1S/C31H40O5/c1-20-10-14-36-31(20)13-9-25-23-7-11-29(33)19-30(34-15-16-35-30)12-8-26(29)27(23)24(17-28(25,31)2)22-5-3-21(18-32)4-6-22/h3-6,23-25,32-33H,1,7-19H2,2H3/t23?,24?,25?,28-,29+,31+/m0/s1. The SMILES string of the molecule is C=C1CCO[C@]12CCC1C3CC[C@@]4(O)CC5(CCC4=C3C(c3ccc(CO)cc3)C[C@@]12C)OCCO5. The number of fused-ring (bicyclic) bond motifs is 5. The molecule has 2 spiro atoms. The van der Waals surface area contributed by atoms with Gasteiger partial charge in [0.15, 0.2) is 5.79 Å². The highest BCUT2D eigenvalue weighted by molar-refractivity contribution is 5.45. The van der Waals surface area contributed by atoms with Crippen molar-refractivity contribution in [3.05, 3.63) is 58.7 Å². The van der Waals surface area contributed by atoms with Crippen molar-refractivity contribution in [2.45, 2.75) is 94.2 Å². The molecule has 0 aromatic heterocycles. The largest absolute Gasteiger partial charge is 0.392 e. The third-order valence-corrected chi connectivity index (χ3v) is 11.2. The van der Waals surface area contributed by atoms with Gasteiger partial charge >= 0.3 is 0 Å². The first-order valence-electron chi connectivity index (χ1n) is 14.1. The van der Waals surface area contributed by atoms with Crippen LogP contribution in [0.2, 0.25) is 0 Å². The van der Waals surface area contributed by atoms with E-state index >= 15 is 0 Å². The minimum atomic E-state index is -0.852. The molecule has 5 fully saturated rings. The molecule has 194 valence electrons. The third kappa shape index (κ3) is 3.07. The summed E-state index contributed by atoms with van der Waals surface area (Å²) in [7, 11) is 0. The average molecular weight is 493 g/mol. The van der Waals surface area contributed by atoms with Gasteiger partial charge in [0.1, 0.15) is 0 Å². The molecule has 3 unspecified atom stereocenters. The fourth-order valence-corrected chi connectivity index (χ4v) is 9.63. The van der Waals surface area contributed by atoms with Crippen molar-refractivity contribution in [1.29, 1.82) is 0 Å². The van der Waals surface area contributed by atoms with Gasteiger partial charge in [-0.3, -0.25) is 0 Å². The van der Waals surface area contributed by atoms with Crippen molar-refractivity contribution >= 4 is 0 Å². The summed E-state index contributed by atoms with van der Waals surface area (Å²) in [5.41, 5.74) is 5.25. The first-order chi connectivity index (χ1) is 17.3. The molecule has 3 saturated carbocycles. The fourth-order valence-electron chi connectivity index (χ4n) is 9.63. The Hall–Kier alpha value is -1.50. The number of ether oxygens (including phenoxy) is 3. The minimum absolute atomic E-state index is 0.0264. The predicted octanol–water partition coefficient (Wildman–Crippen LogP) is 5.16. The molecule has 2 saturated heterocycles. The first-order valence-corrected chi connectivity index (χ1v) is 14.1. The summed E-state index contributed by atoms with van der Waals surface area (Å²) in [6.07, 6.45) is 8.21. The van der Waals surface area contributed by atoms with E-state index in [4.69, 9.17) is 14.2 Å². The Morgan fingerprint density at radius 3 is 2.44 bits per heavy atom. The highest BCUT2D eigenvalue weighted by atomic mass is 16.7. The van der Waals surface area contributed by atoms with Gasteiger partial charge in [-0.2, -0.15) is 0 Å². The summed E-state index contributed by atoms with van der Waals surface area (Å²) in [6.45, 7) is 9.10. The summed E-state index contributed by atoms with van der Waals surface area (Å²) in [5.74, 6) is 0.622. The predicted molar refractivity (Wildman–Crippen MR) is 136 cm³/mol. The van der Waals surface area contributed by atoms with E-state index in [2.05, 4.69) is 37.8 Å². The van der Waals surface area contributed by atoms with Gasteiger partial charge in [0, 0.05) is 24.2 Å². The Morgan fingerprint density at radius 1 is 0.972 bits per heavy atom. The average Bonchev–Trinajstić information content (AvgIpc) is 3.57. The van der Waals surface area contributed by atoms with E-state index in [9.17, 15) is 10.2 Å². The molecule has 36 heavy (non-hydrogen) atoms. The summed E-state index contributed by atoms with van der Waals surface area (Å²) < 4.78 is 18.8. The van der Waals surface area contributed by atoms with Crippen LogP contribution in [0.25, 0.3) is 0 Å². The second kappa shape index (κ2) is 8.00. The zero-order valence-electron chi connectivity index (χ0n) is 21.6. The van der Waals surface area contributed by atoms with Crippen LogP contribution in [0.1, 0.15) is 81.8 Å². The van der Waals surface area contributed by atoms with Gasteiger partial charge in [0.05, 0.1) is 37.6 Å².